The minimum Gasteiger partial charge on any atom is -0.481 e. The first kappa shape index (κ1) is 11.5. The molecule has 0 aliphatic carbocycles. The van der Waals surface area contributed by atoms with E-state index in [9.17, 15) is 0 Å². The molecule has 0 atom stereocenters. The summed E-state index contributed by atoms with van der Waals surface area (Å²) in [7, 11) is 1.61. The van der Waals surface area contributed by atoms with Gasteiger partial charge in [0.1, 0.15) is 0 Å². The van der Waals surface area contributed by atoms with Crippen molar-refractivity contribution in [3.8, 4) is 5.88 Å². The molecule has 0 fully saturated rings. The van der Waals surface area contributed by atoms with Crippen LogP contribution in [0.5, 0.6) is 5.88 Å². The van der Waals surface area contributed by atoms with E-state index in [1.54, 1.807) is 13.3 Å². The van der Waals surface area contributed by atoms with Crippen molar-refractivity contribution in [3.63, 3.8) is 0 Å². The summed E-state index contributed by atoms with van der Waals surface area (Å²) in [5.41, 5.74) is 2.26. The van der Waals surface area contributed by atoms with Gasteiger partial charge in [-0.15, -0.1) is 0 Å². The maximum atomic E-state index is 5.01. The van der Waals surface area contributed by atoms with Gasteiger partial charge in [-0.3, -0.25) is 0 Å². The van der Waals surface area contributed by atoms with Crippen LogP contribution in [-0.2, 0) is 13.1 Å². The van der Waals surface area contributed by atoms with Crippen molar-refractivity contribution >= 4 is 5.69 Å². The first-order chi connectivity index (χ1) is 8.31. The van der Waals surface area contributed by atoms with Gasteiger partial charge in [0, 0.05) is 31.5 Å². The lowest BCUT2D eigenvalue weighted by Gasteiger charge is -2.05. The fourth-order valence-electron chi connectivity index (χ4n) is 1.60. The van der Waals surface area contributed by atoms with Gasteiger partial charge in [0.25, 0.3) is 0 Å². The predicted octanol–water partition coefficient (Wildman–Crippen LogP) is 2.52. The average molecular weight is 231 g/mol. The van der Waals surface area contributed by atoms with Crippen LogP contribution in [0.15, 0.2) is 36.8 Å². The molecule has 0 radical (unpaired) electrons. The molecule has 0 aliphatic heterocycles. The highest BCUT2D eigenvalue weighted by atomic mass is 16.5. The van der Waals surface area contributed by atoms with Crippen molar-refractivity contribution < 1.29 is 4.74 Å². The summed E-state index contributed by atoms with van der Waals surface area (Å²) in [5.74, 6) is 0.632. The fraction of sp³-hybridized carbons (Fsp3) is 0.308. The number of pyridine rings is 1. The van der Waals surface area contributed by atoms with Gasteiger partial charge in [0.2, 0.25) is 5.88 Å². The number of ether oxygens (including phenoxy) is 1. The van der Waals surface area contributed by atoms with Crippen molar-refractivity contribution in [2.75, 3.05) is 12.4 Å². The Labute approximate surface area is 101 Å². The van der Waals surface area contributed by atoms with Crippen LogP contribution in [0.4, 0.5) is 5.69 Å². The van der Waals surface area contributed by atoms with Crippen LogP contribution < -0.4 is 10.1 Å². The highest BCUT2D eigenvalue weighted by molar-refractivity contribution is 5.42. The Morgan fingerprint density at radius 1 is 1.35 bits per heavy atom. The topological polar surface area (TPSA) is 39.1 Å². The van der Waals surface area contributed by atoms with E-state index in [1.807, 2.05) is 12.1 Å². The van der Waals surface area contributed by atoms with Crippen LogP contribution in [0.1, 0.15) is 12.5 Å². The Bertz CT molecular complexity index is 462. The molecule has 2 aromatic heterocycles. The zero-order valence-corrected chi connectivity index (χ0v) is 10.2. The summed E-state index contributed by atoms with van der Waals surface area (Å²) in [5, 5.41) is 3.32. The molecule has 2 aromatic rings. The van der Waals surface area contributed by atoms with Crippen molar-refractivity contribution in [1.29, 1.82) is 0 Å². The maximum absolute atomic E-state index is 5.01. The second-order valence-corrected chi connectivity index (χ2v) is 3.79. The van der Waals surface area contributed by atoms with E-state index in [0.29, 0.717) is 5.88 Å². The molecule has 90 valence electrons. The molecule has 0 amide bonds. The second-order valence-electron chi connectivity index (χ2n) is 3.79. The Morgan fingerprint density at radius 3 is 2.82 bits per heavy atom. The lowest BCUT2D eigenvalue weighted by molar-refractivity contribution is 0.398. The molecule has 2 rings (SSSR count). The van der Waals surface area contributed by atoms with Crippen LogP contribution >= 0.6 is 0 Å². The first-order valence-corrected chi connectivity index (χ1v) is 5.70. The maximum Gasteiger partial charge on any atom is 0.213 e. The number of aromatic nitrogens is 2. The van der Waals surface area contributed by atoms with Crippen LogP contribution in [0.2, 0.25) is 0 Å². The van der Waals surface area contributed by atoms with Gasteiger partial charge in [-0.1, -0.05) is 0 Å². The summed E-state index contributed by atoms with van der Waals surface area (Å²) < 4.78 is 7.16. The molecule has 0 saturated heterocycles. The standard InChI is InChI=1S/C13H17N3O/c1-3-16-7-6-11(10-16)8-14-12-4-5-13(17-2)15-9-12/h4-7,9-10,14H,3,8H2,1-2H3. The van der Waals surface area contributed by atoms with Gasteiger partial charge in [0.05, 0.1) is 19.0 Å². The number of hydrogen-bond donors (Lipinski definition) is 1. The highest BCUT2D eigenvalue weighted by Crippen LogP contribution is 2.12. The fourth-order valence-corrected chi connectivity index (χ4v) is 1.60. The molecule has 0 bridgehead atoms. The molecule has 0 aliphatic rings. The number of methoxy groups -OCH3 is 1. The van der Waals surface area contributed by atoms with Gasteiger partial charge in [0.15, 0.2) is 0 Å². The average Bonchev–Trinajstić information content (AvgIpc) is 2.85. The normalized spacial score (nSPS) is 10.2. The van der Waals surface area contributed by atoms with Gasteiger partial charge in [-0.05, 0) is 24.6 Å². The third-order valence-electron chi connectivity index (χ3n) is 2.62. The van der Waals surface area contributed by atoms with Crippen molar-refractivity contribution in [2.45, 2.75) is 20.0 Å². The summed E-state index contributed by atoms with van der Waals surface area (Å²) in [6.07, 6.45) is 6.00. The Morgan fingerprint density at radius 2 is 2.24 bits per heavy atom. The molecule has 0 unspecified atom stereocenters. The van der Waals surface area contributed by atoms with Gasteiger partial charge in [-0.2, -0.15) is 0 Å². The zero-order chi connectivity index (χ0) is 12.1. The van der Waals surface area contributed by atoms with Crippen LogP contribution in [-0.4, -0.2) is 16.7 Å². The van der Waals surface area contributed by atoms with Gasteiger partial charge >= 0.3 is 0 Å². The number of nitrogens with one attached hydrogen (secondary N) is 1. The zero-order valence-electron chi connectivity index (χ0n) is 10.2. The number of hydrogen-bond acceptors (Lipinski definition) is 3. The molecule has 17 heavy (non-hydrogen) atoms. The quantitative estimate of drug-likeness (QED) is 0.859. The highest BCUT2D eigenvalue weighted by Gasteiger charge is 1.97. The Hall–Kier alpha value is -1.97. The van der Waals surface area contributed by atoms with Gasteiger partial charge < -0.3 is 14.6 Å². The third-order valence-corrected chi connectivity index (χ3v) is 2.62. The molecule has 0 saturated carbocycles. The minimum atomic E-state index is 0.632. The predicted molar refractivity (Wildman–Crippen MR) is 68.2 cm³/mol. The smallest absolute Gasteiger partial charge is 0.213 e. The lowest BCUT2D eigenvalue weighted by atomic mass is 10.3. The van der Waals surface area contributed by atoms with Crippen molar-refractivity contribution in [3.05, 3.63) is 42.4 Å². The Kier molecular flexibility index (Phi) is 3.65. The molecule has 0 spiro atoms. The molecule has 4 heteroatoms. The number of aryl methyl sites for hydroxylation is 1. The van der Waals surface area contributed by atoms with Crippen molar-refractivity contribution in [1.82, 2.24) is 9.55 Å². The largest absolute Gasteiger partial charge is 0.481 e. The molecule has 2 heterocycles. The SMILES string of the molecule is CCn1ccc(CNc2ccc(OC)nc2)c1. The number of rotatable bonds is 5. The molecule has 1 N–H and O–H groups in total. The summed E-state index contributed by atoms with van der Waals surface area (Å²) >= 11 is 0. The van der Waals surface area contributed by atoms with E-state index in [2.05, 4.69) is 40.3 Å². The van der Waals surface area contributed by atoms with E-state index in [0.717, 1.165) is 18.8 Å². The van der Waals surface area contributed by atoms with E-state index in [-0.39, 0.29) is 0 Å². The number of nitrogens with zero attached hydrogens (tertiary/aromatic N) is 2. The van der Waals surface area contributed by atoms with Gasteiger partial charge in [-0.25, -0.2) is 4.98 Å². The minimum absolute atomic E-state index is 0.632. The summed E-state index contributed by atoms with van der Waals surface area (Å²) in [4.78, 5) is 4.14. The molecular formula is C13H17N3O. The second kappa shape index (κ2) is 5.39. The van der Waals surface area contributed by atoms with Crippen LogP contribution in [0.3, 0.4) is 0 Å². The van der Waals surface area contributed by atoms with E-state index in [1.165, 1.54) is 5.56 Å². The molecular weight excluding hydrogens is 214 g/mol. The van der Waals surface area contributed by atoms with E-state index >= 15 is 0 Å². The monoisotopic (exact) mass is 231 g/mol. The Balaban J connectivity index is 1.92. The van der Waals surface area contributed by atoms with E-state index in [4.69, 9.17) is 4.74 Å². The molecule has 0 aromatic carbocycles. The van der Waals surface area contributed by atoms with Crippen LogP contribution in [0, 0.1) is 0 Å². The third kappa shape index (κ3) is 3.00. The number of anilines is 1. The van der Waals surface area contributed by atoms with E-state index < -0.39 is 0 Å². The summed E-state index contributed by atoms with van der Waals surface area (Å²) in [6.45, 7) is 3.94. The molecule has 4 nitrogen and oxygen atoms in total. The lowest BCUT2D eigenvalue weighted by Crippen LogP contribution is -1.99. The first-order valence-electron chi connectivity index (χ1n) is 5.70. The summed E-state index contributed by atoms with van der Waals surface area (Å²) in [6, 6.07) is 5.93. The van der Waals surface area contributed by atoms with Crippen molar-refractivity contribution in [2.24, 2.45) is 0 Å². The van der Waals surface area contributed by atoms with Crippen LogP contribution in [0.25, 0.3) is 0 Å².